The average molecular weight is 325 g/mol. The van der Waals surface area contributed by atoms with E-state index in [1.165, 1.54) is 43.8 Å². The van der Waals surface area contributed by atoms with E-state index in [-0.39, 0.29) is 5.60 Å². The maximum atomic E-state index is 5.87. The second-order valence-electron chi connectivity index (χ2n) is 7.44. The minimum absolute atomic E-state index is 0.0567. The smallest absolute Gasteiger partial charge is 0.0629 e. The van der Waals surface area contributed by atoms with Gasteiger partial charge in [0.15, 0.2) is 0 Å². The zero-order chi connectivity index (χ0) is 16.0. The lowest BCUT2D eigenvalue weighted by Gasteiger charge is -2.38. The van der Waals surface area contributed by atoms with Gasteiger partial charge in [0.25, 0.3) is 0 Å². The summed E-state index contributed by atoms with van der Waals surface area (Å²) >= 11 is 1.88. The van der Waals surface area contributed by atoms with Crippen LogP contribution in [-0.4, -0.2) is 55.7 Å². The largest absolute Gasteiger partial charge is 0.376 e. The number of ether oxygens (including phenoxy) is 1. The Balaban J connectivity index is 1.88. The summed E-state index contributed by atoms with van der Waals surface area (Å²) in [4.78, 5) is 6.42. The fourth-order valence-electron chi connectivity index (χ4n) is 3.35. The summed E-state index contributed by atoms with van der Waals surface area (Å²) in [7, 11) is 4.31. The maximum absolute atomic E-state index is 5.87. The van der Waals surface area contributed by atoms with Crippen LogP contribution in [0.15, 0.2) is 17.5 Å². The molecule has 1 aromatic rings. The predicted octanol–water partition coefficient (Wildman–Crippen LogP) is 3.71. The summed E-state index contributed by atoms with van der Waals surface area (Å²) in [6, 6.07) is 4.42. The molecule has 0 bridgehead atoms. The second kappa shape index (κ2) is 8.44. The quantitative estimate of drug-likeness (QED) is 0.725. The van der Waals surface area contributed by atoms with Crippen LogP contribution in [0.1, 0.15) is 38.0 Å². The molecule has 3 nitrogen and oxygen atoms in total. The lowest BCUT2D eigenvalue weighted by atomic mass is 9.88. The van der Waals surface area contributed by atoms with Crippen molar-refractivity contribution in [1.82, 2.24) is 9.80 Å². The molecule has 1 saturated heterocycles. The molecule has 1 aliphatic rings. The van der Waals surface area contributed by atoms with E-state index < -0.39 is 0 Å². The van der Waals surface area contributed by atoms with Crippen LogP contribution in [0.25, 0.3) is 0 Å². The molecule has 0 radical (unpaired) electrons. The molecule has 0 unspecified atom stereocenters. The molecule has 0 saturated carbocycles. The van der Waals surface area contributed by atoms with Crippen LogP contribution in [0, 0.1) is 5.92 Å². The number of hydrogen-bond donors (Lipinski definition) is 0. The van der Waals surface area contributed by atoms with Crippen LogP contribution in [0.5, 0.6) is 0 Å². The molecule has 0 aliphatic carbocycles. The second-order valence-corrected chi connectivity index (χ2v) is 8.47. The molecule has 126 valence electrons. The molecular formula is C18H32N2OS. The number of hydrogen-bond acceptors (Lipinski definition) is 4. The van der Waals surface area contributed by atoms with E-state index in [0.717, 1.165) is 19.1 Å². The van der Waals surface area contributed by atoms with Gasteiger partial charge in [0.05, 0.1) is 5.60 Å². The first-order chi connectivity index (χ1) is 10.4. The molecule has 0 spiro atoms. The van der Waals surface area contributed by atoms with Crippen LogP contribution in [-0.2, 0) is 11.3 Å². The van der Waals surface area contributed by atoms with Crippen molar-refractivity contribution >= 4 is 11.3 Å². The van der Waals surface area contributed by atoms with Gasteiger partial charge in [-0.3, -0.25) is 4.90 Å². The Bertz CT molecular complexity index is 417. The van der Waals surface area contributed by atoms with Crippen molar-refractivity contribution in [2.45, 2.75) is 45.3 Å². The highest BCUT2D eigenvalue weighted by Crippen LogP contribution is 2.29. The minimum atomic E-state index is 0.0567. The van der Waals surface area contributed by atoms with Gasteiger partial charge in [0.1, 0.15) is 0 Å². The van der Waals surface area contributed by atoms with Crippen LogP contribution in [0.2, 0.25) is 0 Å². The number of thiophene rings is 1. The highest BCUT2D eigenvalue weighted by Gasteiger charge is 2.29. The Labute approximate surface area is 140 Å². The summed E-state index contributed by atoms with van der Waals surface area (Å²) in [6.07, 6.45) is 3.63. The van der Waals surface area contributed by atoms with Gasteiger partial charge in [-0.2, -0.15) is 0 Å². The van der Waals surface area contributed by atoms with Crippen molar-refractivity contribution in [3.05, 3.63) is 22.4 Å². The summed E-state index contributed by atoms with van der Waals surface area (Å²) in [5.74, 6) is 0.767. The van der Waals surface area contributed by atoms with E-state index in [0.29, 0.717) is 0 Å². The topological polar surface area (TPSA) is 15.7 Å². The Morgan fingerprint density at radius 2 is 2.14 bits per heavy atom. The van der Waals surface area contributed by atoms with E-state index in [2.05, 4.69) is 55.3 Å². The first kappa shape index (κ1) is 17.9. The molecule has 1 aromatic heterocycles. The van der Waals surface area contributed by atoms with Crippen LogP contribution < -0.4 is 0 Å². The fourth-order valence-corrected chi connectivity index (χ4v) is 4.09. The van der Waals surface area contributed by atoms with Crippen molar-refractivity contribution in [1.29, 1.82) is 0 Å². The molecule has 2 heterocycles. The Hall–Kier alpha value is -0.420. The average Bonchev–Trinajstić information content (AvgIpc) is 2.89. The standard InChI is InChI=1S/C18H32N2OS/c1-18(2)13-16(8-11-21-18)14-20(10-6-9-19(3)4)15-17-7-5-12-22-17/h5,7,12,16H,6,8-11,13-15H2,1-4H3/t16-/m0/s1. The zero-order valence-corrected chi connectivity index (χ0v) is 15.5. The van der Waals surface area contributed by atoms with Crippen LogP contribution in [0.4, 0.5) is 0 Å². The molecule has 0 amide bonds. The van der Waals surface area contributed by atoms with Gasteiger partial charge in [-0.1, -0.05) is 6.07 Å². The van der Waals surface area contributed by atoms with E-state index in [1.807, 2.05) is 11.3 Å². The molecule has 1 fully saturated rings. The molecular weight excluding hydrogens is 292 g/mol. The van der Waals surface area contributed by atoms with Crippen molar-refractivity contribution < 1.29 is 4.74 Å². The van der Waals surface area contributed by atoms with Crippen molar-refractivity contribution in [2.75, 3.05) is 40.3 Å². The summed E-state index contributed by atoms with van der Waals surface area (Å²) in [5, 5.41) is 2.19. The zero-order valence-electron chi connectivity index (χ0n) is 14.7. The van der Waals surface area contributed by atoms with Gasteiger partial charge in [-0.25, -0.2) is 0 Å². The van der Waals surface area contributed by atoms with E-state index in [4.69, 9.17) is 4.74 Å². The lowest BCUT2D eigenvalue weighted by molar-refractivity contribution is -0.0771. The first-order valence-corrected chi connectivity index (χ1v) is 9.36. The van der Waals surface area contributed by atoms with Crippen molar-refractivity contribution in [3.8, 4) is 0 Å². The number of rotatable bonds is 8. The third-order valence-electron chi connectivity index (χ3n) is 4.35. The highest BCUT2D eigenvalue weighted by molar-refractivity contribution is 7.09. The third-order valence-corrected chi connectivity index (χ3v) is 5.22. The van der Waals surface area contributed by atoms with E-state index in [9.17, 15) is 0 Å². The molecule has 2 rings (SSSR count). The van der Waals surface area contributed by atoms with Gasteiger partial charge in [0.2, 0.25) is 0 Å². The van der Waals surface area contributed by atoms with Gasteiger partial charge >= 0.3 is 0 Å². The van der Waals surface area contributed by atoms with Crippen LogP contribution in [0.3, 0.4) is 0 Å². The minimum Gasteiger partial charge on any atom is -0.376 e. The van der Waals surface area contributed by atoms with Gasteiger partial charge < -0.3 is 9.64 Å². The van der Waals surface area contributed by atoms with Crippen molar-refractivity contribution in [3.63, 3.8) is 0 Å². The van der Waals surface area contributed by atoms with Gasteiger partial charge in [-0.15, -0.1) is 11.3 Å². The van der Waals surface area contributed by atoms with Crippen LogP contribution >= 0.6 is 11.3 Å². The molecule has 1 aliphatic heterocycles. The molecule has 4 heteroatoms. The Kier molecular flexibility index (Phi) is 6.87. The summed E-state index contributed by atoms with van der Waals surface area (Å²) < 4.78 is 5.87. The Morgan fingerprint density at radius 3 is 2.77 bits per heavy atom. The molecule has 1 atom stereocenters. The molecule has 22 heavy (non-hydrogen) atoms. The van der Waals surface area contributed by atoms with Gasteiger partial charge in [0, 0.05) is 24.6 Å². The Morgan fingerprint density at radius 1 is 1.32 bits per heavy atom. The lowest BCUT2D eigenvalue weighted by Crippen LogP contribution is -2.40. The first-order valence-electron chi connectivity index (χ1n) is 8.48. The summed E-state index contributed by atoms with van der Waals surface area (Å²) in [6.45, 7) is 10.0. The molecule has 0 N–H and O–H groups in total. The fraction of sp³-hybridized carbons (Fsp3) is 0.778. The maximum Gasteiger partial charge on any atom is 0.0629 e. The summed E-state index contributed by atoms with van der Waals surface area (Å²) in [5.41, 5.74) is 0.0567. The predicted molar refractivity (Wildman–Crippen MR) is 95.5 cm³/mol. The van der Waals surface area contributed by atoms with E-state index >= 15 is 0 Å². The SMILES string of the molecule is CN(C)CCCN(Cc1cccs1)C[C@H]1CCOC(C)(C)C1. The molecule has 0 aromatic carbocycles. The number of nitrogens with zero attached hydrogens (tertiary/aromatic N) is 2. The highest BCUT2D eigenvalue weighted by atomic mass is 32.1. The monoisotopic (exact) mass is 324 g/mol. The van der Waals surface area contributed by atoms with Gasteiger partial charge in [-0.05, 0) is 77.7 Å². The van der Waals surface area contributed by atoms with E-state index in [1.54, 1.807) is 0 Å². The normalized spacial score (nSPS) is 21.6. The third kappa shape index (κ3) is 6.37. The van der Waals surface area contributed by atoms with Crippen molar-refractivity contribution in [2.24, 2.45) is 5.92 Å².